The zero-order chi connectivity index (χ0) is 21.3. The van der Waals surface area contributed by atoms with Crippen LogP contribution in [-0.2, 0) is 6.54 Å². The van der Waals surface area contributed by atoms with E-state index in [0.29, 0.717) is 40.8 Å². The first kappa shape index (κ1) is 19.8. The molecular formula is C21H20ClN5O3. The zero-order valence-electron chi connectivity index (χ0n) is 16.4. The van der Waals surface area contributed by atoms with Gasteiger partial charge in [0, 0.05) is 30.1 Å². The van der Waals surface area contributed by atoms with Crippen LogP contribution in [0.5, 0.6) is 11.5 Å². The number of methoxy groups -OCH3 is 2. The van der Waals surface area contributed by atoms with Crippen LogP contribution in [-0.4, -0.2) is 30.2 Å². The highest BCUT2D eigenvalue weighted by Gasteiger charge is 2.39. The average Bonchev–Trinajstić information content (AvgIpc) is 2.77. The number of carbonyl (C=O) groups is 1. The molecule has 30 heavy (non-hydrogen) atoms. The van der Waals surface area contributed by atoms with Crippen LogP contribution in [0, 0.1) is 0 Å². The summed E-state index contributed by atoms with van der Waals surface area (Å²) in [5.74, 6) is 1.56. The number of alkyl halides is 1. The fraction of sp³-hybridized carbons (Fsp3) is 0.190. The predicted molar refractivity (Wildman–Crippen MR) is 115 cm³/mol. The Morgan fingerprint density at radius 2 is 1.77 bits per heavy atom. The summed E-state index contributed by atoms with van der Waals surface area (Å²) in [6, 6.07) is 12.2. The van der Waals surface area contributed by atoms with Gasteiger partial charge in [0.15, 0.2) is 0 Å². The second-order valence-electron chi connectivity index (χ2n) is 6.69. The molecule has 0 radical (unpaired) electrons. The molecule has 1 aliphatic rings. The molecule has 2 aromatic carbocycles. The van der Waals surface area contributed by atoms with E-state index in [-0.39, 0.29) is 6.03 Å². The number of anilines is 3. The number of amides is 2. The molecule has 1 unspecified atom stereocenters. The SMILES string of the molecule is COc1cc(OC)cc(N2C(=O)N(Cc3ccc(N)cc3)c3ncncc3C2Cl)c1. The number of hydrogen-bond donors (Lipinski definition) is 1. The third-order valence-corrected chi connectivity index (χ3v) is 5.26. The van der Waals surface area contributed by atoms with E-state index in [0.717, 1.165) is 5.56 Å². The van der Waals surface area contributed by atoms with Crippen LogP contribution in [0.2, 0.25) is 0 Å². The molecule has 0 saturated carbocycles. The number of nitrogen functional groups attached to an aromatic ring is 1. The minimum atomic E-state index is -0.798. The van der Waals surface area contributed by atoms with Gasteiger partial charge < -0.3 is 15.2 Å². The lowest BCUT2D eigenvalue weighted by atomic mass is 10.1. The molecule has 1 atom stereocenters. The Kier molecular flexibility index (Phi) is 5.33. The van der Waals surface area contributed by atoms with Crippen molar-refractivity contribution in [3.05, 3.63) is 66.1 Å². The van der Waals surface area contributed by atoms with Crippen LogP contribution >= 0.6 is 11.6 Å². The van der Waals surface area contributed by atoms with Gasteiger partial charge in [0.2, 0.25) is 0 Å². The Balaban J connectivity index is 1.80. The highest BCUT2D eigenvalue weighted by atomic mass is 35.5. The summed E-state index contributed by atoms with van der Waals surface area (Å²) < 4.78 is 10.7. The maximum atomic E-state index is 13.6. The molecule has 154 valence electrons. The van der Waals surface area contributed by atoms with E-state index in [1.807, 2.05) is 12.1 Å². The number of aromatic nitrogens is 2. The van der Waals surface area contributed by atoms with Crippen LogP contribution in [0.15, 0.2) is 55.0 Å². The van der Waals surface area contributed by atoms with Crippen LogP contribution in [0.25, 0.3) is 0 Å². The largest absolute Gasteiger partial charge is 0.497 e. The van der Waals surface area contributed by atoms with Gasteiger partial charge in [-0.25, -0.2) is 14.8 Å². The number of halogens is 1. The number of fused-ring (bicyclic) bond motifs is 1. The first-order valence-corrected chi connectivity index (χ1v) is 9.57. The molecule has 0 saturated heterocycles. The lowest BCUT2D eigenvalue weighted by Gasteiger charge is -2.39. The molecule has 0 spiro atoms. The second kappa shape index (κ2) is 8.08. The van der Waals surface area contributed by atoms with Gasteiger partial charge >= 0.3 is 6.03 Å². The quantitative estimate of drug-likeness (QED) is 0.378. The summed E-state index contributed by atoms with van der Waals surface area (Å²) in [6.45, 7) is 0.296. The van der Waals surface area contributed by atoms with Crippen molar-refractivity contribution in [1.82, 2.24) is 9.97 Å². The first-order valence-electron chi connectivity index (χ1n) is 9.14. The maximum Gasteiger partial charge on any atom is 0.332 e. The van der Waals surface area contributed by atoms with Crippen molar-refractivity contribution in [3.8, 4) is 11.5 Å². The molecule has 2 amide bonds. The van der Waals surface area contributed by atoms with Crippen LogP contribution in [0.3, 0.4) is 0 Å². The number of benzene rings is 2. The van der Waals surface area contributed by atoms with Crippen molar-refractivity contribution >= 4 is 34.8 Å². The molecule has 1 aromatic heterocycles. The Morgan fingerprint density at radius 3 is 2.40 bits per heavy atom. The topological polar surface area (TPSA) is 93.8 Å². The molecule has 0 aliphatic carbocycles. The standard InChI is InChI=1S/C21H20ClN5O3/c1-29-16-7-15(8-17(9-16)30-2)27-19(22)18-10-24-12-25-20(18)26(21(27)28)11-13-3-5-14(23)6-4-13/h3-10,12,19H,11,23H2,1-2H3. The number of urea groups is 1. The minimum absolute atomic E-state index is 0.296. The van der Waals surface area contributed by atoms with Crippen molar-refractivity contribution in [2.75, 3.05) is 29.8 Å². The Hall–Kier alpha value is -3.52. The third kappa shape index (κ3) is 3.57. The van der Waals surface area contributed by atoms with Crippen molar-refractivity contribution in [3.63, 3.8) is 0 Å². The van der Waals surface area contributed by atoms with Crippen molar-refractivity contribution in [1.29, 1.82) is 0 Å². The molecular weight excluding hydrogens is 406 g/mol. The molecule has 2 N–H and O–H groups in total. The summed E-state index contributed by atoms with van der Waals surface area (Å²) in [5.41, 5.74) is 7.69. The fourth-order valence-corrected chi connectivity index (χ4v) is 3.66. The molecule has 0 fully saturated rings. The molecule has 3 aromatic rings. The van der Waals surface area contributed by atoms with E-state index in [4.69, 9.17) is 26.8 Å². The maximum absolute atomic E-state index is 13.6. The molecule has 0 bridgehead atoms. The van der Waals surface area contributed by atoms with Gasteiger partial charge in [0.1, 0.15) is 29.1 Å². The second-order valence-corrected chi connectivity index (χ2v) is 7.10. The summed E-state index contributed by atoms with van der Waals surface area (Å²) in [6.07, 6.45) is 3.02. The smallest absolute Gasteiger partial charge is 0.332 e. The summed E-state index contributed by atoms with van der Waals surface area (Å²) in [7, 11) is 3.09. The number of nitrogens with two attached hydrogens (primary N) is 1. The molecule has 2 heterocycles. The van der Waals surface area contributed by atoms with Gasteiger partial charge in [-0.1, -0.05) is 23.7 Å². The highest BCUT2D eigenvalue weighted by molar-refractivity contribution is 6.27. The van der Waals surface area contributed by atoms with Crippen molar-refractivity contribution < 1.29 is 14.3 Å². The van der Waals surface area contributed by atoms with Gasteiger partial charge in [-0.05, 0) is 17.7 Å². The first-order chi connectivity index (χ1) is 14.5. The molecule has 9 heteroatoms. The fourth-order valence-electron chi connectivity index (χ4n) is 3.31. The molecule has 8 nitrogen and oxygen atoms in total. The summed E-state index contributed by atoms with van der Waals surface area (Å²) in [5, 5.41) is 0. The predicted octanol–water partition coefficient (Wildman–Crippen LogP) is 3.96. The molecule has 1 aliphatic heterocycles. The lowest BCUT2D eigenvalue weighted by molar-refractivity contribution is 0.249. The lowest BCUT2D eigenvalue weighted by Crippen LogP contribution is -2.48. The number of nitrogens with zero attached hydrogens (tertiary/aromatic N) is 4. The number of ether oxygens (including phenoxy) is 2. The molecule has 4 rings (SSSR count). The van der Waals surface area contributed by atoms with E-state index in [9.17, 15) is 4.79 Å². The Bertz CT molecular complexity index is 1050. The van der Waals surface area contributed by atoms with E-state index >= 15 is 0 Å². The van der Waals surface area contributed by atoms with Crippen molar-refractivity contribution in [2.45, 2.75) is 12.0 Å². The van der Waals surface area contributed by atoms with E-state index in [1.54, 1.807) is 55.6 Å². The van der Waals surface area contributed by atoms with Crippen LogP contribution < -0.4 is 25.0 Å². The van der Waals surface area contributed by atoms with Gasteiger partial charge in [-0.15, -0.1) is 0 Å². The van der Waals surface area contributed by atoms with Crippen LogP contribution in [0.1, 0.15) is 16.6 Å². The Morgan fingerprint density at radius 1 is 1.10 bits per heavy atom. The summed E-state index contributed by atoms with van der Waals surface area (Å²) in [4.78, 5) is 25.0. The Labute approximate surface area is 178 Å². The van der Waals surface area contributed by atoms with Crippen LogP contribution in [0.4, 0.5) is 22.0 Å². The van der Waals surface area contributed by atoms with Gasteiger partial charge in [0.05, 0.1) is 32.0 Å². The monoisotopic (exact) mass is 425 g/mol. The number of rotatable bonds is 5. The van der Waals surface area contributed by atoms with Gasteiger partial charge in [0.25, 0.3) is 0 Å². The number of carbonyl (C=O) groups excluding carboxylic acids is 1. The minimum Gasteiger partial charge on any atom is -0.497 e. The average molecular weight is 426 g/mol. The van der Waals surface area contributed by atoms with Gasteiger partial charge in [-0.2, -0.15) is 0 Å². The van der Waals surface area contributed by atoms with E-state index in [1.165, 1.54) is 11.2 Å². The van der Waals surface area contributed by atoms with E-state index < -0.39 is 5.50 Å². The van der Waals surface area contributed by atoms with Crippen molar-refractivity contribution in [2.24, 2.45) is 0 Å². The van der Waals surface area contributed by atoms with E-state index in [2.05, 4.69) is 9.97 Å². The zero-order valence-corrected chi connectivity index (χ0v) is 17.2. The summed E-state index contributed by atoms with van der Waals surface area (Å²) >= 11 is 6.72. The third-order valence-electron chi connectivity index (χ3n) is 4.83. The highest BCUT2D eigenvalue weighted by Crippen LogP contribution is 2.42. The normalized spacial score (nSPS) is 15.7. The number of hydrogen-bond acceptors (Lipinski definition) is 6. The van der Waals surface area contributed by atoms with Gasteiger partial charge in [-0.3, -0.25) is 9.80 Å².